The number of carbonyl (C=O) groups is 1. The number of hydrogen-bond donors (Lipinski definition) is 0. The Morgan fingerprint density at radius 1 is 1.27 bits per heavy atom. The van der Waals surface area contributed by atoms with Crippen LogP contribution in [0.15, 0.2) is 12.1 Å². The fraction of sp³-hybridized carbons (Fsp3) is 0.364. The van der Waals surface area contributed by atoms with Crippen LogP contribution in [-0.4, -0.2) is 27.2 Å². The summed E-state index contributed by atoms with van der Waals surface area (Å²) in [5.74, 6) is -0.171. The van der Waals surface area contributed by atoms with Crippen LogP contribution >= 0.6 is 0 Å². The minimum Gasteiger partial charge on any atom is -0.496 e. The van der Waals surface area contributed by atoms with Crippen molar-refractivity contribution in [2.45, 2.75) is 6.92 Å². The van der Waals surface area contributed by atoms with Crippen LogP contribution in [-0.2, 0) is 4.74 Å². The normalized spacial score (nSPS) is 13.4. The van der Waals surface area contributed by atoms with Crippen LogP contribution in [0.4, 0.5) is 0 Å². The molecule has 0 spiro atoms. The predicted octanol–water partition coefficient (Wildman–Crippen LogP) is 1.80. The van der Waals surface area contributed by atoms with Gasteiger partial charge in [0.05, 0.1) is 30.9 Å². The molecular formula is C11H14O4. The van der Waals surface area contributed by atoms with Gasteiger partial charge in [0.15, 0.2) is 0 Å². The number of benzene rings is 1. The van der Waals surface area contributed by atoms with Crippen molar-refractivity contribution in [1.82, 2.24) is 0 Å². The van der Waals surface area contributed by atoms with Crippen LogP contribution in [0.3, 0.4) is 0 Å². The van der Waals surface area contributed by atoms with E-state index in [-0.39, 0.29) is 11.3 Å². The fourth-order valence-electron chi connectivity index (χ4n) is 1.22. The first kappa shape index (κ1) is 7.56. The smallest absolute Gasteiger partial charge is 0.338 e. The number of carbonyl (C=O) groups excluding carboxylic acids is 1. The van der Waals surface area contributed by atoms with Crippen LogP contribution in [0, 0.1) is 6.92 Å². The highest BCUT2D eigenvalue weighted by atomic mass is 16.5. The van der Waals surface area contributed by atoms with Gasteiger partial charge in [-0.3, -0.25) is 0 Å². The van der Waals surface area contributed by atoms with Crippen molar-refractivity contribution in [3.8, 4) is 11.5 Å². The van der Waals surface area contributed by atoms with E-state index in [2.05, 4.69) is 4.74 Å². The van der Waals surface area contributed by atoms with E-state index in [0.717, 1.165) is 0 Å². The molecule has 0 heterocycles. The third-order valence-electron chi connectivity index (χ3n) is 2.06. The summed E-state index contributed by atoms with van der Waals surface area (Å²) >= 11 is 0. The summed E-state index contributed by atoms with van der Waals surface area (Å²) in [7, 11) is 0.0615. The number of ether oxygens (including phenoxy) is 3. The molecule has 1 aromatic carbocycles. The van der Waals surface area contributed by atoms with E-state index in [0.29, 0.717) is 11.3 Å². The van der Waals surface area contributed by atoms with Gasteiger partial charge in [0, 0.05) is 5.56 Å². The molecule has 0 N–H and O–H groups in total. The third kappa shape index (κ3) is 2.21. The Morgan fingerprint density at radius 2 is 1.87 bits per heavy atom. The lowest BCUT2D eigenvalue weighted by Crippen LogP contribution is -2.03. The summed E-state index contributed by atoms with van der Waals surface area (Å²) in [5.41, 5.74) is 0.667. The van der Waals surface area contributed by atoms with Gasteiger partial charge in [-0.1, -0.05) is 0 Å². The molecule has 0 aliphatic carbocycles. The maximum Gasteiger partial charge on any atom is 0.338 e. The van der Waals surface area contributed by atoms with Crippen LogP contribution in [0.25, 0.3) is 0 Å². The lowest BCUT2D eigenvalue weighted by Gasteiger charge is -2.11. The fourth-order valence-corrected chi connectivity index (χ4v) is 1.22. The first-order chi connectivity index (χ1) is 8.28. The second-order valence-electron chi connectivity index (χ2n) is 2.90. The standard InChI is InChI=1S/C11H14O4/c1-7-9(13-2)5-8(11(12)15-4)6-10(7)14-3/h5-6H,1-4H3/i2D3. The molecule has 0 radical (unpaired) electrons. The second-order valence-corrected chi connectivity index (χ2v) is 2.90. The minimum absolute atomic E-state index is 0.0646. The highest BCUT2D eigenvalue weighted by Gasteiger charge is 2.13. The molecule has 0 fully saturated rings. The molecule has 0 saturated carbocycles. The lowest BCUT2D eigenvalue weighted by atomic mass is 10.1. The average molecular weight is 213 g/mol. The monoisotopic (exact) mass is 213 g/mol. The van der Waals surface area contributed by atoms with Crippen molar-refractivity contribution in [2.75, 3.05) is 21.3 Å². The van der Waals surface area contributed by atoms with Gasteiger partial charge in [0.1, 0.15) is 11.5 Å². The number of methoxy groups -OCH3 is 3. The zero-order chi connectivity index (χ0) is 13.9. The van der Waals surface area contributed by atoms with Gasteiger partial charge in [0.25, 0.3) is 0 Å². The number of hydrogen-bond acceptors (Lipinski definition) is 4. The molecular weight excluding hydrogens is 196 g/mol. The first-order valence-corrected chi connectivity index (χ1v) is 4.24. The zero-order valence-corrected chi connectivity index (χ0v) is 8.79. The first-order valence-electron chi connectivity index (χ1n) is 5.74. The molecule has 4 nitrogen and oxygen atoms in total. The average Bonchev–Trinajstić information content (AvgIpc) is 2.29. The molecule has 0 bridgehead atoms. The second kappa shape index (κ2) is 4.68. The predicted molar refractivity (Wildman–Crippen MR) is 55.6 cm³/mol. The summed E-state index contributed by atoms with van der Waals surface area (Å²) in [6.07, 6.45) is 0. The maximum absolute atomic E-state index is 11.4. The van der Waals surface area contributed by atoms with Crippen molar-refractivity contribution in [2.24, 2.45) is 0 Å². The van der Waals surface area contributed by atoms with Gasteiger partial charge in [-0.25, -0.2) is 4.79 Å². The molecule has 0 aliphatic heterocycles. The molecule has 0 amide bonds. The Labute approximate surface area is 93.0 Å². The molecule has 0 unspecified atom stereocenters. The van der Waals surface area contributed by atoms with E-state index in [1.807, 2.05) is 0 Å². The molecule has 1 rings (SSSR count). The molecule has 0 aromatic heterocycles. The van der Waals surface area contributed by atoms with Gasteiger partial charge in [0.2, 0.25) is 0 Å². The largest absolute Gasteiger partial charge is 0.496 e. The van der Waals surface area contributed by atoms with Gasteiger partial charge < -0.3 is 14.2 Å². The maximum atomic E-state index is 11.4. The van der Waals surface area contributed by atoms with Gasteiger partial charge in [-0.2, -0.15) is 0 Å². The Morgan fingerprint density at radius 3 is 2.33 bits per heavy atom. The van der Waals surface area contributed by atoms with Crippen molar-refractivity contribution in [3.05, 3.63) is 23.3 Å². The number of rotatable bonds is 3. The van der Waals surface area contributed by atoms with Gasteiger partial charge in [-0.05, 0) is 19.1 Å². The summed E-state index contributed by atoms with van der Waals surface area (Å²) in [5, 5.41) is 0. The Balaban J connectivity index is 3.27. The number of esters is 1. The molecule has 1 aromatic rings. The van der Waals surface area contributed by atoms with Crippen molar-refractivity contribution < 1.29 is 23.1 Å². The summed E-state index contributed by atoms with van der Waals surface area (Å²) < 4.78 is 35.7. The minimum atomic E-state index is -2.59. The highest BCUT2D eigenvalue weighted by Crippen LogP contribution is 2.29. The van der Waals surface area contributed by atoms with Crippen molar-refractivity contribution in [3.63, 3.8) is 0 Å². The van der Waals surface area contributed by atoms with Gasteiger partial charge in [-0.15, -0.1) is 0 Å². The van der Waals surface area contributed by atoms with Gasteiger partial charge >= 0.3 is 5.97 Å². The molecule has 0 aliphatic rings. The Hall–Kier alpha value is -1.71. The topological polar surface area (TPSA) is 44.8 Å². The van der Waals surface area contributed by atoms with Crippen LogP contribution in [0.5, 0.6) is 11.5 Å². The van der Waals surface area contributed by atoms with E-state index < -0.39 is 13.0 Å². The quantitative estimate of drug-likeness (QED) is 0.718. The zero-order valence-electron chi connectivity index (χ0n) is 11.8. The Bertz CT molecular complexity index is 454. The lowest BCUT2D eigenvalue weighted by molar-refractivity contribution is 0.0600. The third-order valence-corrected chi connectivity index (χ3v) is 2.06. The van der Waals surface area contributed by atoms with Crippen LogP contribution in [0.1, 0.15) is 20.0 Å². The highest BCUT2D eigenvalue weighted by molar-refractivity contribution is 5.90. The molecule has 0 saturated heterocycles. The summed E-state index contributed by atoms with van der Waals surface area (Å²) in [4.78, 5) is 11.4. The Kier molecular flexibility index (Phi) is 2.36. The van der Waals surface area contributed by atoms with Crippen molar-refractivity contribution >= 4 is 5.97 Å². The van der Waals surface area contributed by atoms with E-state index >= 15 is 0 Å². The van der Waals surface area contributed by atoms with E-state index in [1.165, 1.54) is 26.4 Å². The SMILES string of the molecule is [2H]C([2H])([2H])Oc1cc(C(=O)OC)cc(OC)c1C. The van der Waals surface area contributed by atoms with E-state index in [1.54, 1.807) is 6.92 Å². The molecule has 4 heteroatoms. The molecule has 82 valence electrons. The molecule has 0 atom stereocenters. The van der Waals surface area contributed by atoms with E-state index in [4.69, 9.17) is 13.6 Å². The van der Waals surface area contributed by atoms with Crippen LogP contribution < -0.4 is 9.47 Å². The van der Waals surface area contributed by atoms with Crippen molar-refractivity contribution in [1.29, 1.82) is 0 Å². The van der Waals surface area contributed by atoms with Crippen LogP contribution in [0.2, 0.25) is 0 Å². The summed E-state index contributed by atoms with van der Waals surface area (Å²) in [6.45, 7) is 1.64. The molecule has 15 heavy (non-hydrogen) atoms. The van der Waals surface area contributed by atoms with E-state index in [9.17, 15) is 4.79 Å². The summed E-state index contributed by atoms with van der Waals surface area (Å²) in [6, 6.07) is 2.78.